The largest absolute Gasteiger partial charge is 0.857 e. The minimum absolute atomic E-state index is 0.00158. The number of anilines is 2. The maximum atomic E-state index is 12.7. The normalized spacial score (nSPS) is 29.7. The number of hydrogen-bond acceptors (Lipinski definition) is 27. The van der Waals surface area contributed by atoms with E-state index in [9.17, 15) is 59.5 Å². The lowest BCUT2D eigenvalue weighted by Crippen LogP contribution is -2.47. The van der Waals surface area contributed by atoms with Gasteiger partial charge in [0.25, 0.3) is 11.5 Å². The summed E-state index contributed by atoms with van der Waals surface area (Å²) < 4.78 is 41.8. The summed E-state index contributed by atoms with van der Waals surface area (Å²) in [5, 5.41) is 43.8. The Balaban J connectivity index is 1.03. The third kappa shape index (κ3) is 9.51. The van der Waals surface area contributed by atoms with E-state index in [0.29, 0.717) is 0 Å². The van der Waals surface area contributed by atoms with E-state index in [-0.39, 0.29) is 28.3 Å². The van der Waals surface area contributed by atoms with Gasteiger partial charge in [0.05, 0.1) is 13.4 Å². The molecule has 316 valence electrons. The summed E-state index contributed by atoms with van der Waals surface area (Å²) in [7, 11) is -20.5. The fourth-order valence-electron chi connectivity index (χ4n) is 5.78. The van der Waals surface area contributed by atoms with Crippen molar-refractivity contribution in [2.24, 2.45) is 7.05 Å². The number of nitrogen functional groups attached to an aromatic ring is 2. The van der Waals surface area contributed by atoms with Gasteiger partial charge in [0.15, 0.2) is 18.2 Å². The number of H-pyrrole nitrogens is 1. The number of rotatable bonds is 15. The summed E-state index contributed by atoms with van der Waals surface area (Å²) in [5.41, 5.74) is 10.1. The lowest BCUT2D eigenvalue weighted by atomic mass is 10.1. The van der Waals surface area contributed by atoms with Gasteiger partial charge in [-0.3, -0.25) is 18.9 Å². The van der Waals surface area contributed by atoms with Crippen LogP contribution in [0.25, 0.3) is 22.3 Å². The zero-order valence-corrected chi connectivity index (χ0v) is 33.0. The highest BCUT2D eigenvalue weighted by Crippen LogP contribution is 2.77. The number of aromatic nitrogens is 8. The van der Waals surface area contributed by atoms with Crippen molar-refractivity contribution in [3.05, 3.63) is 23.0 Å². The Morgan fingerprint density at radius 3 is 2.21 bits per heavy atom. The van der Waals surface area contributed by atoms with Crippen LogP contribution in [0.5, 0.6) is 5.88 Å². The Labute approximate surface area is 324 Å². The number of aryl methyl sites for hydroxylation is 1. The number of nitrogens with two attached hydrogens (primary N) is 2. The molecule has 4 aromatic heterocycles. The number of hydrogen-bond donors (Lipinski definition) is 9. The molecule has 0 amide bonds. The van der Waals surface area contributed by atoms with Gasteiger partial charge in [0.2, 0.25) is 24.8 Å². The predicted molar refractivity (Wildman–Crippen MR) is 179 cm³/mol. The quantitative estimate of drug-likeness (QED) is 0.0304. The molecular weight excluding hydrogens is 880 g/mol. The molecule has 0 spiro atoms. The molecule has 6 rings (SSSR count). The number of aromatic amines is 1. The summed E-state index contributed by atoms with van der Waals surface area (Å²) in [6, 6.07) is 0. The van der Waals surface area contributed by atoms with Gasteiger partial charge in [-0.25, -0.2) is 14.5 Å². The highest BCUT2D eigenvalue weighted by atomic mass is 32.7. The van der Waals surface area contributed by atoms with Crippen molar-refractivity contribution in [3.63, 3.8) is 0 Å². The van der Waals surface area contributed by atoms with Crippen LogP contribution in [0.3, 0.4) is 0 Å². The van der Waals surface area contributed by atoms with E-state index in [2.05, 4.69) is 59.1 Å². The lowest BCUT2D eigenvalue weighted by Gasteiger charge is -2.34. The smallest absolute Gasteiger partial charge is 0.481 e. The maximum Gasteiger partial charge on any atom is 0.481 e. The van der Waals surface area contributed by atoms with Crippen LogP contribution in [-0.4, -0.2) is 121 Å². The fraction of sp³-hybridized carbons (Fsp3) is 0.545. The van der Waals surface area contributed by atoms with Crippen LogP contribution in [0.4, 0.5) is 11.9 Å². The number of nitrogens with zero attached hydrogens (tertiary/aromatic N) is 7. The van der Waals surface area contributed by atoms with Crippen molar-refractivity contribution < 1.29 is 95.4 Å². The molecule has 6 heterocycles. The molecule has 2 saturated heterocycles. The summed E-state index contributed by atoms with van der Waals surface area (Å²) in [5.74, 6) is -1.56. The van der Waals surface area contributed by atoms with Crippen molar-refractivity contribution in [2.45, 2.75) is 49.1 Å². The van der Waals surface area contributed by atoms with Crippen LogP contribution in [-0.2, 0) is 55.5 Å². The highest BCUT2D eigenvalue weighted by Gasteiger charge is 2.56. The van der Waals surface area contributed by atoms with E-state index in [0.717, 1.165) is 10.9 Å². The van der Waals surface area contributed by atoms with E-state index in [1.807, 2.05) is 0 Å². The minimum Gasteiger partial charge on any atom is -0.857 e. The first-order chi connectivity index (χ1) is 26.4. The van der Waals surface area contributed by atoms with Gasteiger partial charge in [-0.15, -0.1) is 0 Å². The molecule has 0 bridgehead atoms. The van der Waals surface area contributed by atoms with Crippen molar-refractivity contribution in [2.75, 3.05) is 31.8 Å². The molecule has 0 aliphatic carbocycles. The standard InChI is InChI=1S/C22H32N10O20P4S/c1-30-6-32(16-10(30)18(37)29-22(24)27-16)20-14(45-2)12(34)8(49-20)4-46-53(38,39)50-55(42,43)52-56(44,57)51-54(40,41)47-3-7-11(33)13(35)19(48-7)31-5-25-9-15(31)26-21(23)28-17(9)36/h5-8,11-14,19-20,33-35H,3-4H2,1-2H3,(H9-,23,24,26,27,28,29,36,37,38,39,40,41,42,43,44,57)/p-1/t7-,8-,11-,12-,13-,14-,19-,20-,56?/m1/s1. The fourth-order valence-corrected chi connectivity index (χ4v) is 12.2. The minimum atomic E-state index is -6.09. The number of aliphatic hydroxyl groups excluding tert-OH is 3. The number of aliphatic hydroxyl groups is 3. The van der Waals surface area contributed by atoms with Crippen molar-refractivity contribution in [3.8, 4) is 5.88 Å². The molecule has 57 heavy (non-hydrogen) atoms. The van der Waals surface area contributed by atoms with E-state index >= 15 is 0 Å². The summed E-state index contributed by atoms with van der Waals surface area (Å²) in [6.45, 7) is -2.15. The molecule has 4 aromatic rings. The van der Waals surface area contributed by atoms with E-state index in [1.165, 1.54) is 29.6 Å². The van der Waals surface area contributed by atoms with Crippen LogP contribution < -0.4 is 46.3 Å². The van der Waals surface area contributed by atoms with Gasteiger partial charge < -0.3 is 77.9 Å². The summed E-state index contributed by atoms with van der Waals surface area (Å²) >= 11 is 4.35. The van der Waals surface area contributed by atoms with Crippen molar-refractivity contribution in [1.29, 1.82) is 0 Å². The molecule has 35 heteroatoms. The first-order valence-corrected chi connectivity index (χ1v) is 22.5. The number of phosphoric ester groups is 2. The second-order valence-electron chi connectivity index (χ2n) is 12.0. The number of nitrogens with one attached hydrogen (secondary N) is 1. The molecule has 11 N–H and O–H groups in total. The first-order valence-electron chi connectivity index (χ1n) is 15.4. The zero-order chi connectivity index (χ0) is 42.0. The van der Waals surface area contributed by atoms with Crippen LogP contribution in [0.1, 0.15) is 12.5 Å². The number of phosphoric acid groups is 3. The Morgan fingerprint density at radius 1 is 0.947 bits per heavy atom. The summed E-state index contributed by atoms with van der Waals surface area (Å²) in [4.78, 5) is 111. The van der Waals surface area contributed by atoms with E-state index < -0.39 is 111 Å². The van der Waals surface area contributed by atoms with Gasteiger partial charge in [0, 0.05) is 17.3 Å². The Hall–Kier alpha value is -2.35. The average molecular weight is 912 g/mol. The molecule has 2 fully saturated rings. The van der Waals surface area contributed by atoms with Gasteiger partial charge in [-0.05, 0) is 8.62 Å². The second kappa shape index (κ2) is 16.3. The van der Waals surface area contributed by atoms with Crippen LogP contribution in [0, 0.1) is 0 Å². The lowest BCUT2D eigenvalue weighted by molar-refractivity contribution is -0.746. The molecule has 4 unspecified atom stereocenters. The zero-order valence-electron chi connectivity index (χ0n) is 28.6. The van der Waals surface area contributed by atoms with Gasteiger partial charge >= 0.3 is 30.2 Å². The molecule has 30 nitrogen and oxygen atoms in total. The third-order valence-electron chi connectivity index (χ3n) is 8.08. The molecule has 0 radical (unpaired) electrons. The number of fused-ring (bicyclic) bond motifs is 2. The van der Waals surface area contributed by atoms with Crippen LogP contribution in [0.15, 0.2) is 17.4 Å². The van der Waals surface area contributed by atoms with Crippen LogP contribution in [0.2, 0.25) is 0 Å². The molecule has 12 atom stereocenters. The average Bonchev–Trinajstić information content (AvgIpc) is 3.80. The molecule has 0 aromatic carbocycles. The van der Waals surface area contributed by atoms with Gasteiger partial charge in [-0.2, -0.15) is 28.7 Å². The third-order valence-corrected chi connectivity index (χ3v) is 15.1. The number of imidazole rings is 2. The Bertz CT molecular complexity index is 2160. The SMILES string of the molecule is CO[C@@H]1[C@H](O)[C@@H](CO[P+]([O-])(O)O[P+]([O-])(O)O[P+]([O-])([S-])O[P+]([O-])(O)OC[C@H]2O[C@@H](n3cnc4c([O-])nc(N)nc43)[C@H](O)[C@@H]2O)O[C@H]1[n+]1cn(C)c2c(=O)[nH]c(N)nc21. The Kier molecular flexibility index (Phi) is 12.6. The number of ether oxygens (including phenoxy) is 3. The van der Waals surface area contributed by atoms with E-state index in [4.69, 9.17) is 25.7 Å². The van der Waals surface area contributed by atoms with Crippen LogP contribution >= 0.6 is 31.7 Å². The maximum absolute atomic E-state index is 12.7. The molecule has 0 saturated carbocycles. The highest BCUT2D eigenvalue weighted by molar-refractivity contribution is 8.36. The number of methoxy groups -OCH3 is 1. The monoisotopic (exact) mass is 911 g/mol. The molecule has 2 aliphatic heterocycles. The van der Waals surface area contributed by atoms with E-state index in [1.54, 1.807) is 0 Å². The van der Waals surface area contributed by atoms with Gasteiger partial charge in [0.1, 0.15) is 55.4 Å². The Morgan fingerprint density at radius 2 is 1.56 bits per heavy atom. The molecular formula is C22H31N10O20P4S-. The second-order valence-corrected chi connectivity index (χ2v) is 19.5. The van der Waals surface area contributed by atoms with Crippen molar-refractivity contribution in [1.82, 2.24) is 34.1 Å². The first kappa shape index (κ1) is 44.2. The predicted octanol–water partition coefficient (Wildman–Crippen LogP) is -7.72. The van der Waals surface area contributed by atoms with Crippen molar-refractivity contribution >= 4 is 78.1 Å². The topological polar surface area (TPSA) is 461 Å². The molecule has 2 aliphatic rings. The van der Waals surface area contributed by atoms with Gasteiger partial charge in [-0.1, -0.05) is 4.98 Å². The summed E-state index contributed by atoms with van der Waals surface area (Å²) in [6.07, 6.45) is -10.1.